The van der Waals surface area contributed by atoms with Gasteiger partial charge in [-0.3, -0.25) is 14.5 Å². The van der Waals surface area contributed by atoms with Gasteiger partial charge in [0, 0.05) is 28.4 Å². The highest BCUT2D eigenvalue weighted by atomic mass is 16.5. The van der Waals surface area contributed by atoms with E-state index < -0.39 is 0 Å². The van der Waals surface area contributed by atoms with Gasteiger partial charge in [0.25, 0.3) is 11.8 Å². The molecule has 1 aliphatic rings. The fraction of sp³-hybridized carbons (Fsp3) is 0.400. The Bertz CT molecular complexity index is 779. The molecule has 0 atom stereocenters. The monoisotopic (exact) mass is 340 g/mol. The molecule has 0 aromatic heterocycles. The molecule has 1 aliphatic heterocycles. The van der Waals surface area contributed by atoms with Gasteiger partial charge in [-0.2, -0.15) is 0 Å². The summed E-state index contributed by atoms with van der Waals surface area (Å²) in [6.45, 7) is 3.98. The number of nitrogens with zero attached hydrogens (tertiary/aromatic N) is 1. The van der Waals surface area contributed by atoms with Gasteiger partial charge in [0.15, 0.2) is 0 Å². The summed E-state index contributed by atoms with van der Waals surface area (Å²) in [5, 5.41) is 4.63. The van der Waals surface area contributed by atoms with Crippen molar-refractivity contribution in [3.63, 3.8) is 0 Å². The minimum atomic E-state index is -0.205. The van der Waals surface area contributed by atoms with Crippen molar-refractivity contribution in [1.82, 2.24) is 10.2 Å². The molecule has 0 bridgehead atoms. The quantitative estimate of drug-likeness (QED) is 0.592. The highest BCUT2D eigenvalue weighted by Gasteiger charge is 2.32. The van der Waals surface area contributed by atoms with E-state index in [0.29, 0.717) is 24.3 Å². The normalized spacial score (nSPS) is 13.6. The van der Waals surface area contributed by atoms with Crippen LogP contribution in [0.5, 0.6) is 5.75 Å². The molecule has 5 heteroatoms. The first-order valence-electron chi connectivity index (χ1n) is 8.88. The third-order valence-electron chi connectivity index (χ3n) is 4.52. The second kappa shape index (κ2) is 7.66. The van der Waals surface area contributed by atoms with Crippen LogP contribution in [-0.4, -0.2) is 43.5 Å². The molecule has 0 saturated heterocycles. The lowest BCUT2D eigenvalue weighted by atomic mass is 9.93. The smallest absolute Gasteiger partial charge is 0.261 e. The Morgan fingerprint density at radius 1 is 1.04 bits per heavy atom. The molecule has 0 unspecified atom stereocenters. The molecule has 0 saturated carbocycles. The summed E-state index contributed by atoms with van der Waals surface area (Å²) in [6, 6.07) is 9.19. The third-order valence-corrected chi connectivity index (χ3v) is 4.52. The Kier molecular flexibility index (Phi) is 5.34. The number of ether oxygens (including phenoxy) is 1. The van der Waals surface area contributed by atoms with Gasteiger partial charge in [-0.05, 0) is 44.6 Å². The van der Waals surface area contributed by atoms with Gasteiger partial charge >= 0.3 is 0 Å². The van der Waals surface area contributed by atoms with Crippen molar-refractivity contribution in [3.05, 3.63) is 41.5 Å². The number of carbonyl (C=O) groups excluding carboxylic acids is 2. The maximum absolute atomic E-state index is 12.8. The number of imide groups is 1. The van der Waals surface area contributed by atoms with Gasteiger partial charge in [0.1, 0.15) is 5.75 Å². The minimum absolute atomic E-state index is 0.205. The molecule has 5 nitrogen and oxygen atoms in total. The van der Waals surface area contributed by atoms with Crippen molar-refractivity contribution in [2.75, 3.05) is 26.7 Å². The highest BCUT2D eigenvalue weighted by molar-refractivity contribution is 6.26. The molecule has 132 valence electrons. The van der Waals surface area contributed by atoms with E-state index in [-0.39, 0.29) is 11.8 Å². The standard InChI is InChI=1S/C20H24N2O3/c1-3-4-12-22-19(23)15-8-5-7-14-17(25-13-6-11-21-2)10-9-16(18(14)15)20(22)24/h5,7-10,21H,3-4,6,11-13H2,1-2H3. The van der Waals surface area contributed by atoms with E-state index in [1.54, 1.807) is 12.1 Å². The molecule has 2 aromatic rings. The number of unbranched alkanes of at least 4 members (excludes halogenated alkanes) is 1. The summed E-state index contributed by atoms with van der Waals surface area (Å²) in [6.07, 6.45) is 2.64. The van der Waals surface area contributed by atoms with Gasteiger partial charge < -0.3 is 10.1 Å². The molecule has 25 heavy (non-hydrogen) atoms. The van der Waals surface area contributed by atoms with E-state index >= 15 is 0 Å². The molecule has 2 aromatic carbocycles. The van der Waals surface area contributed by atoms with Crippen LogP contribution in [0.4, 0.5) is 0 Å². The maximum Gasteiger partial charge on any atom is 0.261 e. The van der Waals surface area contributed by atoms with Crippen LogP contribution in [-0.2, 0) is 0 Å². The molecule has 3 rings (SSSR count). The van der Waals surface area contributed by atoms with Crippen LogP contribution in [0.2, 0.25) is 0 Å². The van der Waals surface area contributed by atoms with E-state index in [4.69, 9.17) is 4.74 Å². The number of rotatable bonds is 8. The fourth-order valence-electron chi connectivity index (χ4n) is 3.20. The molecule has 1 heterocycles. The lowest BCUT2D eigenvalue weighted by Gasteiger charge is -2.27. The number of carbonyl (C=O) groups is 2. The van der Waals surface area contributed by atoms with Gasteiger partial charge in [0.05, 0.1) is 6.61 Å². The van der Waals surface area contributed by atoms with Crippen LogP contribution in [0, 0.1) is 0 Å². The fourth-order valence-corrected chi connectivity index (χ4v) is 3.20. The van der Waals surface area contributed by atoms with Crippen molar-refractivity contribution >= 4 is 22.6 Å². The highest BCUT2D eigenvalue weighted by Crippen LogP contribution is 2.35. The Labute approximate surface area is 148 Å². The van der Waals surface area contributed by atoms with Crippen LogP contribution in [0.15, 0.2) is 30.3 Å². The zero-order valence-corrected chi connectivity index (χ0v) is 14.8. The van der Waals surface area contributed by atoms with Crippen LogP contribution < -0.4 is 10.1 Å². The lowest BCUT2D eigenvalue weighted by Crippen LogP contribution is -2.40. The molecule has 1 N–H and O–H groups in total. The van der Waals surface area contributed by atoms with Crippen molar-refractivity contribution in [1.29, 1.82) is 0 Å². The topological polar surface area (TPSA) is 58.6 Å². The average Bonchev–Trinajstić information content (AvgIpc) is 2.63. The summed E-state index contributed by atoms with van der Waals surface area (Å²) in [5.74, 6) is 0.312. The first kappa shape index (κ1) is 17.4. The predicted octanol–water partition coefficient (Wildman–Crippen LogP) is 3.22. The van der Waals surface area contributed by atoms with E-state index in [9.17, 15) is 9.59 Å². The second-order valence-corrected chi connectivity index (χ2v) is 6.26. The van der Waals surface area contributed by atoms with Crippen molar-refractivity contribution < 1.29 is 14.3 Å². The van der Waals surface area contributed by atoms with E-state index in [1.807, 2.05) is 32.2 Å². The van der Waals surface area contributed by atoms with Gasteiger partial charge in [0.2, 0.25) is 0 Å². The summed E-state index contributed by atoms with van der Waals surface area (Å²) in [4.78, 5) is 26.9. The van der Waals surface area contributed by atoms with Crippen LogP contribution >= 0.6 is 0 Å². The van der Waals surface area contributed by atoms with Crippen LogP contribution in [0.1, 0.15) is 46.9 Å². The van der Waals surface area contributed by atoms with Crippen molar-refractivity contribution in [2.24, 2.45) is 0 Å². The molecule has 0 spiro atoms. The van der Waals surface area contributed by atoms with E-state index in [1.165, 1.54) is 4.90 Å². The van der Waals surface area contributed by atoms with E-state index in [0.717, 1.165) is 42.3 Å². The average molecular weight is 340 g/mol. The van der Waals surface area contributed by atoms with Gasteiger partial charge in [-0.25, -0.2) is 0 Å². The Hall–Kier alpha value is -2.40. The molecular weight excluding hydrogens is 316 g/mol. The summed E-state index contributed by atoms with van der Waals surface area (Å²) in [7, 11) is 1.91. The third kappa shape index (κ3) is 3.24. The summed E-state index contributed by atoms with van der Waals surface area (Å²) in [5.41, 5.74) is 1.17. The number of benzene rings is 2. The number of hydrogen-bond acceptors (Lipinski definition) is 4. The number of hydrogen-bond donors (Lipinski definition) is 1. The molecule has 0 fully saturated rings. The van der Waals surface area contributed by atoms with Gasteiger partial charge in [-0.15, -0.1) is 0 Å². The van der Waals surface area contributed by atoms with Crippen molar-refractivity contribution in [3.8, 4) is 5.75 Å². The van der Waals surface area contributed by atoms with Gasteiger partial charge in [-0.1, -0.05) is 25.5 Å². The van der Waals surface area contributed by atoms with E-state index in [2.05, 4.69) is 5.32 Å². The maximum atomic E-state index is 12.8. The first-order valence-corrected chi connectivity index (χ1v) is 8.88. The van der Waals surface area contributed by atoms with Crippen LogP contribution in [0.3, 0.4) is 0 Å². The number of amides is 2. The Balaban J connectivity index is 1.99. The Morgan fingerprint density at radius 2 is 1.80 bits per heavy atom. The zero-order valence-electron chi connectivity index (χ0n) is 14.8. The zero-order chi connectivity index (χ0) is 17.8. The van der Waals surface area contributed by atoms with Crippen LogP contribution in [0.25, 0.3) is 10.8 Å². The Morgan fingerprint density at radius 3 is 2.52 bits per heavy atom. The first-order chi connectivity index (χ1) is 12.2. The van der Waals surface area contributed by atoms with Crippen molar-refractivity contribution in [2.45, 2.75) is 26.2 Å². The summed E-state index contributed by atoms with van der Waals surface area (Å²) >= 11 is 0. The largest absolute Gasteiger partial charge is 0.493 e. The second-order valence-electron chi connectivity index (χ2n) is 6.26. The predicted molar refractivity (Wildman–Crippen MR) is 98.3 cm³/mol. The molecule has 0 radical (unpaired) electrons. The number of nitrogens with one attached hydrogen (secondary N) is 1. The molecule has 0 aliphatic carbocycles. The summed E-state index contributed by atoms with van der Waals surface area (Å²) < 4.78 is 5.89. The SMILES string of the molecule is CCCCN1C(=O)c2cccc3c(OCCCNC)ccc(c23)C1=O. The molecular formula is C20H24N2O3. The lowest BCUT2D eigenvalue weighted by molar-refractivity contribution is 0.0608. The minimum Gasteiger partial charge on any atom is -0.493 e. The molecule has 2 amide bonds.